The van der Waals surface area contributed by atoms with Crippen molar-refractivity contribution in [2.75, 3.05) is 73.4 Å². The van der Waals surface area contributed by atoms with Crippen LogP contribution in [-0.2, 0) is 6.54 Å². The number of benzene rings is 1. The molecule has 1 N–H and O–H groups in total. The van der Waals surface area contributed by atoms with Gasteiger partial charge in [0.25, 0.3) is 0 Å². The van der Waals surface area contributed by atoms with Crippen LogP contribution in [0.4, 0.5) is 29.1 Å². The third kappa shape index (κ3) is 5.67. The topological polar surface area (TPSA) is 81.5 Å². The van der Waals surface area contributed by atoms with Gasteiger partial charge >= 0.3 is 0 Å². The molecular formula is C30H40N10. The van der Waals surface area contributed by atoms with Gasteiger partial charge in [0.1, 0.15) is 17.5 Å². The minimum atomic E-state index is 0.274. The molecule has 2 fully saturated rings. The van der Waals surface area contributed by atoms with Crippen LogP contribution in [0.2, 0.25) is 0 Å². The van der Waals surface area contributed by atoms with Gasteiger partial charge in [0.2, 0.25) is 5.95 Å². The number of hydrogen-bond donors (Lipinski definition) is 1. The Labute approximate surface area is 236 Å². The minimum absolute atomic E-state index is 0.274. The van der Waals surface area contributed by atoms with E-state index in [-0.39, 0.29) is 6.04 Å². The van der Waals surface area contributed by atoms with Gasteiger partial charge in [-0.2, -0.15) is 15.1 Å². The van der Waals surface area contributed by atoms with E-state index in [1.165, 1.54) is 24.1 Å². The Morgan fingerprint density at radius 3 is 2.30 bits per heavy atom. The molecule has 0 atom stereocenters. The maximum Gasteiger partial charge on any atom is 0.229 e. The number of fused-ring (bicyclic) bond motifs is 1. The fourth-order valence-electron chi connectivity index (χ4n) is 5.55. The Kier molecular flexibility index (Phi) is 7.42. The lowest BCUT2D eigenvalue weighted by Crippen LogP contribution is -2.46. The Hall–Kier alpha value is -3.92. The molecule has 0 amide bonds. The zero-order valence-corrected chi connectivity index (χ0v) is 24.1. The molecule has 2 aliphatic rings. The van der Waals surface area contributed by atoms with Crippen LogP contribution in [0.1, 0.15) is 38.3 Å². The van der Waals surface area contributed by atoms with Crippen LogP contribution in [0, 0.1) is 0 Å². The SMILES string of the molecule is CC(C)n1ncc2cnc(Nc3cc(N4CCCC4)nc(N4CCN(Cc5ccc(N(C)C)cc5)CC4)n3)cc21. The molecule has 40 heavy (non-hydrogen) atoms. The van der Waals surface area contributed by atoms with Gasteiger partial charge in [-0.05, 0) is 44.4 Å². The number of nitrogens with one attached hydrogen (secondary N) is 1. The van der Waals surface area contributed by atoms with Crippen molar-refractivity contribution >= 4 is 40.0 Å². The zero-order valence-electron chi connectivity index (χ0n) is 24.1. The van der Waals surface area contributed by atoms with Crippen molar-refractivity contribution in [2.45, 2.75) is 39.3 Å². The van der Waals surface area contributed by atoms with E-state index in [0.29, 0.717) is 0 Å². The van der Waals surface area contributed by atoms with Gasteiger partial charge in [0.15, 0.2) is 0 Å². The molecule has 0 bridgehead atoms. The van der Waals surface area contributed by atoms with Crippen LogP contribution in [0.25, 0.3) is 10.9 Å². The summed E-state index contributed by atoms with van der Waals surface area (Å²) in [6.07, 6.45) is 6.15. The molecule has 0 unspecified atom stereocenters. The molecule has 3 aromatic heterocycles. The minimum Gasteiger partial charge on any atom is -0.378 e. The predicted octanol–water partition coefficient (Wildman–Crippen LogP) is 4.53. The number of rotatable bonds is 8. The number of hydrogen-bond acceptors (Lipinski definition) is 9. The Morgan fingerprint density at radius 1 is 0.850 bits per heavy atom. The van der Waals surface area contributed by atoms with Crippen molar-refractivity contribution in [3.63, 3.8) is 0 Å². The van der Waals surface area contributed by atoms with Crippen LogP contribution < -0.4 is 20.0 Å². The fraction of sp³-hybridized carbons (Fsp3) is 0.467. The van der Waals surface area contributed by atoms with E-state index >= 15 is 0 Å². The number of piperazine rings is 1. The van der Waals surface area contributed by atoms with E-state index in [4.69, 9.17) is 9.97 Å². The van der Waals surface area contributed by atoms with Gasteiger partial charge in [-0.3, -0.25) is 9.58 Å². The normalized spacial score (nSPS) is 16.3. The first-order chi connectivity index (χ1) is 19.4. The second-order valence-corrected chi connectivity index (χ2v) is 11.4. The number of nitrogens with zero attached hydrogens (tertiary/aromatic N) is 9. The Bertz CT molecular complexity index is 1430. The summed E-state index contributed by atoms with van der Waals surface area (Å²) in [6.45, 7) is 11.1. The molecule has 0 aliphatic carbocycles. The maximum atomic E-state index is 5.04. The van der Waals surface area contributed by atoms with E-state index < -0.39 is 0 Å². The molecule has 4 aromatic rings. The number of pyridine rings is 1. The van der Waals surface area contributed by atoms with E-state index in [2.05, 4.69) is 99.3 Å². The van der Waals surface area contributed by atoms with E-state index in [1.807, 2.05) is 17.1 Å². The van der Waals surface area contributed by atoms with Gasteiger partial charge < -0.3 is 20.0 Å². The molecule has 5 heterocycles. The van der Waals surface area contributed by atoms with Crippen LogP contribution in [0.15, 0.2) is 48.8 Å². The summed E-state index contributed by atoms with van der Waals surface area (Å²) in [6, 6.07) is 13.3. The Balaban J connectivity index is 1.19. The lowest BCUT2D eigenvalue weighted by Gasteiger charge is -2.35. The second kappa shape index (κ2) is 11.3. The number of anilines is 5. The summed E-state index contributed by atoms with van der Waals surface area (Å²) in [7, 11) is 4.15. The molecule has 0 saturated carbocycles. The van der Waals surface area contributed by atoms with Crippen molar-refractivity contribution in [1.29, 1.82) is 0 Å². The zero-order chi connectivity index (χ0) is 27.6. The highest BCUT2D eigenvalue weighted by molar-refractivity contribution is 5.81. The van der Waals surface area contributed by atoms with E-state index in [1.54, 1.807) is 0 Å². The summed E-state index contributed by atoms with van der Waals surface area (Å²) in [5, 5.41) is 9.04. The predicted molar refractivity (Wildman–Crippen MR) is 163 cm³/mol. The summed E-state index contributed by atoms with van der Waals surface area (Å²) in [5.41, 5.74) is 3.64. The van der Waals surface area contributed by atoms with E-state index in [9.17, 15) is 0 Å². The van der Waals surface area contributed by atoms with Gasteiger partial charge in [0, 0.05) is 95.4 Å². The van der Waals surface area contributed by atoms with E-state index in [0.717, 1.165) is 80.1 Å². The fourth-order valence-corrected chi connectivity index (χ4v) is 5.55. The summed E-state index contributed by atoms with van der Waals surface area (Å²) in [4.78, 5) is 24.0. The highest BCUT2D eigenvalue weighted by atomic mass is 15.3. The Morgan fingerprint density at radius 2 is 1.60 bits per heavy atom. The van der Waals surface area contributed by atoms with Crippen molar-refractivity contribution in [2.24, 2.45) is 0 Å². The van der Waals surface area contributed by atoms with Crippen LogP contribution in [0.5, 0.6) is 0 Å². The molecular weight excluding hydrogens is 500 g/mol. The average Bonchev–Trinajstić information content (AvgIpc) is 3.64. The van der Waals surface area contributed by atoms with Crippen molar-refractivity contribution in [3.05, 3.63) is 54.4 Å². The lowest BCUT2D eigenvalue weighted by molar-refractivity contribution is 0.249. The maximum absolute atomic E-state index is 5.04. The summed E-state index contributed by atoms with van der Waals surface area (Å²) in [5.74, 6) is 3.31. The molecule has 10 heteroatoms. The average molecular weight is 541 g/mol. The highest BCUT2D eigenvalue weighted by Gasteiger charge is 2.23. The van der Waals surface area contributed by atoms with Crippen LogP contribution >= 0.6 is 0 Å². The van der Waals surface area contributed by atoms with Gasteiger partial charge in [-0.25, -0.2) is 4.98 Å². The highest BCUT2D eigenvalue weighted by Crippen LogP contribution is 2.27. The van der Waals surface area contributed by atoms with Gasteiger partial charge in [0.05, 0.1) is 11.7 Å². The molecule has 210 valence electrons. The standard InChI is InChI=1S/C30H40N10/c1-22(2)40-26-17-27(31-19-24(26)20-32-40)33-28-18-29(38-11-5-6-12-38)35-30(34-28)39-15-13-37(14-16-39)21-23-7-9-25(10-8-23)36(3)4/h7-10,17-20,22H,5-6,11-16,21H2,1-4H3,(H,31,33,34,35). The molecule has 0 spiro atoms. The smallest absolute Gasteiger partial charge is 0.229 e. The molecule has 2 aliphatic heterocycles. The quantitative estimate of drug-likeness (QED) is 0.347. The lowest BCUT2D eigenvalue weighted by atomic mass is 10.1. The van der Waals surface area contributed by atoms with Crippen molar-refractivity contribution in [3.8, 4) is 0 Å². The summed E-state index contributed by atoms with van der Waals surface area (Å²) >= 11 is 0. The van der Waals surface area contributed by atoms with Gasteiger partial charge in [-0.1, -0.05) is 12.1 Å². The third-order valence-corrected chi connectivity index (χ3v) is 7.87. The third-order valence-electron chi connectivity index (χ3n) is 7.87. The first-order valence-electron chi connectivity index (χ1n) is 14.4. The van der Waals surface area contributed by atoms with Gasteiger partial charge in [-0.15, -0.1) is 0 Å². The first kappa shape index (κ1) is 26.3. The van der Waals surface area contributed by atoms with Crippen LogP contribution in [0.3, 0.4) is 0 Å². The second-order valence-electron chi connectivity index (χ2n) is 11.4. The monoisotopic (exact) mass is 540 g/mol. The molecule has 0 radical (unpaired) electrons. The van der Waals surface area contributed by atoms with Crippen LogP contribution in [-0.4, -0.2) is 83.0 Å². The molecule has 1 aromatic carbocycles. The first-order valence-corrected chi connectivity index (χ1v) is 14.4. The summed E-state index contributed by atoms with van der Waals surface area (Å²) < 4.78 is 2.03. The van der Waals surface area contributed by atoms with Crippen molar-refractivity contribution < 1.29 is 0 Å². The molecule has 6 rings (SSSR count). The molecule has 10 nitrogen and oxygen atoms in total. The molecule has 2 saturated heterocycles. The van der Waals surface area contributed by atoms with Crippen molar-refractivity contribution in [1.82, 2.24) is 29.6 Å². The largest absolute Gasteiger partial charge is 0.378 e. The number of aromatic nitrogens is 5.